The lowest BCUT2D eigenvalue weighted by atomic mass is 9.96. The molecule has 1 N–H and O–H groups in total. The third-order valence-corrected chi connectivity index (χ3v) is 3.23. The van der Waals surface area contributed by atoms with Gasteiger partial charge in [-0.15, -0.1) is 0 Å². The lowest BCUT2D eigenvalue weighted by Crippen LogP contribution is -2.14. The zero-order chi connectivity index (χ0) is 10.8. The zero-order valence-electron chi connectivity index (χ0n) is 7.90. The fraction of sp³-hybridized carbons (Fsp3) is 0.556. The Morgan fingerprint density at radius 1 is 1.47 bits per heavy atom. The summed E-state index contributed by atoms with van der Waals surface area (Å²) in [7, 11) is 0. The molecule has 1 aromatic rings. The second-order valence-corrected chi connectivity index (χ2v) is 4.20. The minimum absolute atomic E-state index is 0.128. The highest BCUT2D eigenvalue weighted by Gasteiger charge is 2.26. The second kappa shape index (κ2) is 4.32. The molecule has 0 amide bonds. The average molecular weight is 276 g/mol. The molecule has 0 atom stereocenters. The van der Waals surface area contributed by atoms with E-state index < -0.39 is 5.97 Å². The minimum Gasteiger partial charge on any atom is -0.475 e. The highest BCUT2D eigenvalue weighted by atomic mass is 79.9. The third-order valence-electron chi connectivity index (χ3n) is 2.46. The molecule has 0 bridgehead atoms. The van der Waals surface area contributed by atoms with Crippen LogP contribution < -0.4 is 0 Å². The van der Waals surface area contributed by atoms with Crippen LogP contribution in [0.25, 0.3) is 0 Å². The molecule has 1 aliphatic rings. The van der Waals surface area contributed by atoms with Crippen LogP contribution in [0.5, 0.6) is 0 Å². The molecule has 0 radical (unpaired) electrons. The molecule has 1 aromatic heterocycles. The summed E-state index contributed by atoms with van der Waals surface area (Å²) in [5.41, 5.74) is 0.690. The predicted molar refractivity (Wildman–Crippen MR) is 54.0 cm³/mol. The molecular formula is C9H10BrNO4. The molecule has 0 unspecified atom stereocenters. The Hall–Kier alpha value is -0.880. The average Bonchev–Trinajstić information content (AvgIpc) is 2.61. The smallest absolute Gasteiger partial charge is 0.375 e. The van der Waals surface area contributed by atoms with E-state index in [-0.39, 0.29) is 11.7 Å². The van der Waals surface area contributed by atoms with Crippen molar-refractivity contribution < 1.29 is 19.2 Å². The van der Waals surface area contributed by atoms with Crippen LogP contribution in [0.3, 0.4) is 0 Å². The summed E-state index contributed by atoms with van der Waals surface area (Å²) < 4.78 is 10.5. The summed E-state index contributed by atoms with van der Waals surface area (Å²) >= 11 is 3.21. The van der Waals surface area contributed by atoms with Crippen molar-refractivity contribution in [1.82, 2.24) is 5.16 Å². The predicted octanol–water partition coefficient (Wildman–Crippen LogP) is 2.03. The first-order chi connectivity index (χ1) is 7.20. The van der Waals surface area contributed by atoms with E-state index in [2.05, 4.69) is 21.1 Å². The maximum atomic E-state index is 10.7. The van der Waals surface area contributed by atoms with Gasteiger partial charge in [-0.2, -0.15) is 0 Å². The number of aromatic nitrogens is 1. The topological polar surface area (TPSA) is 72.6 Å². The number of ether oxygens (including phenoxy) is 1. The number of carboxylic acids is 1. The van der Waals surface area contributed by atoms with Gasteiger partial charge in [0.2, 0.25) is 0 Å². The van der Waals surface area contributed by atoms with Crippen molar-refractivity contribution in [3.05, 3.63) is 15.9 Å². The molecule has 6 heteroatoms. The van der Waals surface area contributed by atoms with Gasteiger partial charge in [-0.05, 0) is 28.8 Å². The van der Waals surface area contributed by atoms with E-state index >= 15 is 0 Å². The number of carbonyl (C=O) groups is 1. The van der Waals surface area contributed by atoms with E-state index in [0.29, 0.717) is 23.4 Å². The van der Waals surface area contributed by atoms with Gasteiger partial charge in [0.1, 0.15) is 5.69 Å². The molecule has 0 saturated carbocycles. The van der Waals surface area contributed by atoms with Crippen molar-refractivity contribution in [3.63, 3.8) is 0 Å². The lowest BCUT2D eigenvalue weighted by molar-refractivity contribution is 0.0649. The Morgan fingerprint density at radius 2 is 2.13 bits per heavy atom. The van der Waals surface area contributed by atoms with Crippen molar-refractivity contribution >= 4 is 21.9 Å². The van der Waals surface area contributed by atoms with E-state index in [4.69, 9.17) is 14.4 Å². The van der Waals surface area contributed by atoms with Gasteiger partial charge in [-0.25, -0.2) is 4.79 Å². The van der Waals surface area contributed by atoms with Crippen molar-refractivity contribution in [2.45, 2.75) is 18.8 Å². The molecule has 1 saturated heterocycles. The van der Waals surface area contributed by atoms with Crippen LogP contribution in [-0.2, 0) is 4.74 Å². The molecule has 1 aliphatic heterocycles. The fourth-order valence-electron chi connectivity index (χ4n) is 1.65. The summed E-state index contributed by atoms with van der Waals surface area (Å²) in [5.74, 6) is -1.01. The molecule has 0 spiro atoms. The van der Waals surface area contributed by atoms with Gasteiger partial charge < -0.3 is 14.4 Å². The van der Waals surface area contributed by atoms with E-state index in [1.165, 1.54) is 0 Å². The van der Waals surface area contributed by atoms with Crippen LogP contribution in [0.1, 0.15) is 35.0 Å². The van der Waals surface area contributed by atoms with Gasteiger partial charge in [-0.3, -0.25) is 0 Å². The SMILES string of the molecule is O=C(O)c1onc(C2CCOCC2)c1Br. The van der Waals surface area contributed by atoms with Crippen molar-refractivity contribution in [3.8, 4) is 0 Å². The Balaban J connectivity index is 2.24. The number of hydrogen-bond donors (Lipinski definition) is 1. The van der Waals surface area contributed by atoms with E-state index in [1.54, 1.807) is 0 Å². The van der Waals surface area contributed by atoms with Crippen molar-refractivity contribution in [2.24, 2.45) is 0 Å². The molecule has 1 fully saturated rings. The van der Waals surface area contributed by atoms with E-state index in [1.807, 2.05) is 0 Å². The van der Waals surface area contributed by atoms with Gasteiger partial charge >= 0.3 is 5.97 Å². The van der Waals surface area contributed by atoms with Crippen LogP contribution in [-0.4, -0.2) is 29.4 Å². The van der Waals surface area contributed by atoms with Crippen LogP contribution in [0.2, 0.25) is 0 Å². The monoisotopic (exact) mass is 275 g/mol. The standard InChI is InChI=1S/C9H10BrNO4/c10-6-7(5-1-3-14-4-2-5)11-15-8(6)9(12)13/h5H,1-4H2,(H,12,13). The Labute approximate surface area is 94.5 Å². The normalized spacial score (nSPS) is 17.9. The van der Waals surface area contributed by atoms with Crippen LogP contribution in [0.4, 0.5) is 0 Å². The van der Waals surface area contributed by atoms with Gasteiger partial charge in [0.15, 0.2) is 0 Å². The Kier molecular flexibility index (Phi) is 3.06. The maximum absolute atomic E-state index is 10.7. The van der Waals surface area contributed by atoms with E-state index in [9.17, 15) is 4.79 Å². The van der Waals surface area contributed by atoms with Crippen molar-refractivity contribution in [1.29, 1.82) is 0 Å². The number of rotatable bonds is 2. The molecule has 15 heavy (non-hydrogen) atoms. The quantitative estimate of drug-likeness (QED) is 0.894. The Bertz CT molecular complexity index is 370. The molecule has 2 heterocycles. The van der Waals surface area contributed by atoms with Gasteiger partial charge in [0, 0.05) is 19.1 Å². The maximum Gasteiger partial charge on any atom is 0.375 e. The van der Waals surface area contributed by atoms with E-state index in [0.717, 1.165) is 12.8 Å². The summed E-state index contributed by atoms with van der Waals surface area (Å²) in [6.07, 6.45) is 1.70. The number of aromatic carboxylic acids is 1. The van der Waals surface area contributed by atoms with Gasteiger partial charge in [0.05, 0.1) is 4.47 Å². The number of nitrogens with zero attached hydrogens (tertiary/aromatic N) is 1. The second-order valence-electron chi connectivity index (χ2n) is 3.40. The number of carboxylic acid groups (broad SMARTS) is 1. The van der Waals surface area contributed by atoms with Crippen LogP contribution >= 0.6 is 15.9 Å². The summed E-state index contributed by atoms with van der Waals surface area (Å²) in [6.45, 7) is 1.37. The van der Waals surface area contributed by atoms with Gasteiger partial charge in [-0.1, -0.05) is 5.16 Å². The highest BCUT2D eigenvalue weighted by molar-refractivity contribution is 9.10. The minimum atomic E-state index is -1.10. The zero-order valence-corrected chi connectivity index (χ0v) is 9.49. The first kappa shape index (κ1) is 10.6. The molecule has 0 aliphatic carbocycles. The molecule has 82 valence electrons. The summed E-state index contributed by atoms with van der Waals surface area (Å²) in [6, 6.07) is 0. The van der Waals surface area contributed by atoms with Crippen LogP contribution in [0, 0.1) is 0 Å². The summed E-state index contributed by atoms with van der Waals surface area (Å²) in [5, 5.41) is 12.6. The largest absolute Gasteiger partial charge is 0.475 e. The first-order valence-electron chi connectivity index (χ1n) is 4.66. The number of halogens is 1. The molecular weight excluding hydrogens is 266 g/mol. The molecule has 0 aromatic carbocycles. The Morgan fingerprint density at radius 3 is 2.67 bits per heavy atom. The van der Waals surface area contributed by atoms with Crippen LogP contribution in [0.15, 0.2) is 9.00 Å². The summed E-state index contributed by atoms with van der Waals surface area (Å²) in [4.78, 5) is 10.7. The molecule has 5 nitrogen and oxygen atoms in total. The lowest BCUT2D eigenvalue weighted by Gasteiger charge is -2.19. The first-order valence-corrected chi connectivity index (χ1v) is 5.45. The fourth-order valence-corrected chi connectivity index (χ4v) is 2.29. The highest BCUT2D eigenvalue weighted by Crippen LogP contribution is 2.33. The van der Waals surface area contributed by atoms with Gasteiger partial charge in [0.25, 0.3) is 5.76 Å². The number of hydrogen-bond acceptors (Lipinski definition) is 4. The molecule has 2 rings (SSSR count). The van der Waals surface area contributed by atoms with Crippen molar-refractivity contribution in [2.75, 3.05) is 13.2 Å². The third kappa shape index (κ3) is 2.05.